The first-order valence-electron chi connectivity index (χ1n) is 2.15. The van der Waals surface area contributed by atoms with Crippen LogP contribution in [-0.2, 0) is 4.79 Å². The molecule has 0 unspecified atom stereocenters. The number of aliphatic imine (C=N–C) groups is 1. The molecule has 0 aliphatic rings. The number of hydrogen-bond donors (Lipinski definition) is 0. The highest BCUT2D eigenvalue weighted by Gasteiger charge is 1.95. The second-order valence-electron chi connectivity index (χ2n) is 1.28. The van der Waals surface area contributed by atoms with E-state index >= 15 is 0 Å². The van der Waals surface area contributed by atoms with Gasteiger partial charge in [0.2, 0.25) is 6.08 Å². The first kappa shape index (κ1) is 6.68. The number of rotatable bonds is 1. The van der Waals surface area contributed by atoms with Gasteiger partial charge in [0.05, 0.1) is 3.79 Å². The Balaban J connectivity index is 3.07. The van der Waals surface area contributed by atoms with E-state index in [1.165, 1.54) is 17.4 Å². The third kappa shape index (κ3) is 1.48. The molecule has 1 rings (SSSR count). The molecule has 1 aromatic heterocycles. The van der Waals surface area contributed by atoms with Crippen molar-refractivity contribution in [1.82, 2.24) is 0 Å². The van der Waals surface area contributed by atoms with Crippen LogP contribution < -0.4 is 0 Å². The number of isocyanates is 1. The smallest absolute Gasteiger partial charge is 0.211 e. The van der Waals surface area contributed by atoms with Crippen molar-refractivity contribution in [3.63, 3.8) is 0 Å². The molecule has 1 heterocycles. The summed E-state index contributed by atoms with van der Waals surface area (Å²) in [5.74, 6) is 0. The molecule has 0 atom stereocenters. The third-order valence-electron chi connectivity index (χ3n) is 0.765. The van der Waals surface area contributed by atoms with Crippen LogP contribution in [0.1, 0.15) is 0 Å². The van der Waals surface area contributed by atoms with Gasteiger partial charge in [-0.3, -0.25) is 0 Å². The second kappa shape index (κ2) is 2.92. The van der Waals surface area contributed by atoms with E-state index in [-0.39, 0.29) is 0 Å². The van der Waals surface area contributed by atoms with Crippen LogP contribution in [0.15, 0.2) is 20.2 Å². The molecule has 46 valence electrons. The Bertz CT molecular complexity index is 251. The highest BCUT2D eigenvalue weighted by atomic mass is 79.9. The van der Waals surface area contributed by atoms with Gasteiger partial charge in [-0.25, -0.2) is 4.79 Å². The second-order valence-corrected chi connectivity index (χ2v) is 3.52. The van der Waals surface area contributed by atoms with E-state index in [1.807, 2.05) is 5.38 Å². The molecule has 2 nitrogen and oxygen atoms in total. The van der Waals surface area contributed by atoms with Crippen molar-refractivity contribution in [3.05, 3.63) is 15.2 Å². The normalized spacial score (nSPS) is 8.56. The van der Waals surface area contributed by atoms with Crippen LogP contribution in [-0.4, -0.2) is 6.08 Å². The Morgan fingerprint density at radius 2 is 2.56 bits per heavy atom. The lowest BCUT2D eigenvalue weighted by atomic mass is 10.6. The molecule has 0 aliphatic carbocycles. The van der Waals surface area contributed by atoms with Crippen molar-refractivity contribution in [2.45, 2.75) is 0 Å². The molecule has 4 heteroatoms. The SMILES string of the molecule is O=C=Nc1ccsc1Br. The van der Waals surface area contributed by atoms with Crippen LogP contribution in [0.25, 0.3) is 0 Å². The Morgan fingerprint density at radius 3 is 3.00 bits per heavy atom. The van der Waals surface area contributed by atoms with Crippen molar-refractivity contribution in [3.8, 4) is 0 Å². The van der Waals surface area contributed by atoms with E-state index in [0.717, 1.165) is 3.79 Å². The van der Waals surface area contributed by atoms with Crippen molar-refractivity contribution in [2.75, 3.05) is 0 Å². The summed E-state index contributed by atoms with van der Waals surface area (Å²) in [5, 5.41) is 1.85. The highest BCUT2D eigenvalue weighted by Crippen LogP contribution is 2.29. The van der Waals surface area contributed by atoms with Crippen LogP contribution in [0.5, 0.6) is 0 Å². The zero-order valence-corrected chi connectivity index (χ0v) is 6.70. The molecule has 0 fully saturated rings. The minimum Gasteiger partial charge on any atom is -0.211 e. The predicted octanol–water partition coefficient (Wildman–Crippen LogP) is 2.48. The fraction of sp³-hybridized carbons (Fsp3) is 0. The Labute approximate surface area is 64.4 Å². The average Bonchev–Trinajstić information content (AvgIpc) is 2.18. The predicted molar refractivity (Wildman–Crippen MR) is 39.8 cm³/mol. The van der Waals surface area contributed by atoms with Gasteiger partial charge in [-0.05, 0) is 27.4 Å². The summed E-state index contributed by atoms with van der Waals surface area (Å²) in [6, 6.07) is 1.75. The number of carbonyl (C=O) groups excluding carboxylic acids is 1. The molecule has 0 saturated heterocycles. The van der Waals surface area contributed by atoms with Gasteiger partial charge in [-0.1, -0.05) is 0 Å². The number of halogens is 1. The van der Waals surface area contributed by atoms with E-state index in [0.29, 0.717) is 5.69 Å². The molecule has 0 radical (unpaired) electrons. The van der Waals surface area contributed by atoms with Gasteiger partial charge in [0.1, 0.15) is 5.69 Å². The first-order chi connectivity index (χ1) is 4.34. The van der Waals surface area contributed by atoms with Gasteiger partial charge in [0, 0.05) is 0 Å². The maximum absolute atomic E-state index is 9.72. The fourth-order valence-electron chi connectivity index (χ4n) is 0.414. The van der Waals surface area contributed by atoms with E-state index in [1.54, 1.807) is 6.07 Å². The van der Waals surface area contributed by atoms with E-state index in [4.69, 9.17) is 0 Å². The van der Waals surface area contributed by atoms with Crippen LogP contribution in [0, 0.1) is 0 Å². The van der Waals surface area contributed by atoms with E-state index in [9.17, 15) is 4.79 Å². The van der Waals surface area contributed by atoms with E-state index < -0.39 is 0 Å². The average molecular weight is 204 g/mol. The minimum absolute atomic E-state index is 0.648. The largest absolute Gasteiger partial charge is 0.240 e. The van der Waals surface area contributed by atoms with E-state index in [2.05, 4.69) is 20.9 Å². The van der Waals surface area contributed by atoms with Crippen LogP contribution in [0.3, 0.4) is 0 Å². The molecular weight excluding hydrogens is 202 g/mol. The standard InChI is InChI=1S/C5H2BrNOS/c6-5-4(7-3-8)1-2-9-5/h1-2H. The molecule has 0 aromatic carbocycles. The Kier molecular flexibility index (Phi) is 2.16. The molecule has 1 aromatic rings. The lowest BCUT2D eigenvalue weighted by Crippen LogP contribution is -1.52. The molecule has 0 saturated carbocycles. The minimum atomic E-state index is 0.648. The van der Waals surface area contributed by atoms with Gasteiger partial charge in [-0.15, -0.1) is 11.3 Å². The van der Waals surface area contributed by atoms with Crippen LogP contribution in [0.4, 0.5) is 5.69 Å². The van der Waals surface area contributed by atoms with Gasteiger partial charge < -0.3 is 0 Å². The maximum Gasteiger partial charge on any atom is 0.240 e. The molecule has 0 N–H and O–H groups in total. The highest BCUT2D eigenvalue weighted by molar-refractivity contribution is 9.11. The maximum atomic E-state index is 9.72. The number of nitrogens with zero attached hydrogens (tertiary/aromatic N) is 1. The zero-order chi connectivity index (χ0) is 6.69. The molecule has 0 bridgehead atoms. The molecule has 9 heavy (non-hydrogen) atoms. The zero-order valence-electron chi connectivity index (χ0n) is 4.30. The quantitative estimate of drug-likeness (QED) is 0.510. The molecule has 0 amide bonds. The van der Waals surface area contributed by atoms with Gasteiger partial charge in [0.25, 0.3) is 0 Å². The summed E-state index contributed by atoms with van der Waals surface area (Å²) in [4.78, 5) is 13.1. The lowest BCUT2D eigenvalue weighted by Gasteiger charge is -1.78. The van der Waals surface area contributed by atoms with Crippen molar-refractivity contribution in [1.29, 1.82) is 0 Å². The first-order valence-corrected chi connectivity index (χ1v) is 3.82. The molecular formula is C5H2BrNOS. The van der Waals surface area contributed by atoms with Crippen molar-refractivity contribution >= 4 is 39.0 Å². The van der Waals surface area contributed by atoms with Gasteiger partial charge in [0.15, 0.2) is 0 Å². The summed E-state index contributed by atoms with van der Waals surface area (Å²) in [5.41, 5.74) is 0.648. The topological polar surface area (TPSA) is 29.4 Å². The van der Waals surface area contributed by atoms with Gasteiger partial charge in [-0.2, -0.15) is 4.99 Å². The van der Waals surface area contributed by atoms with Crippen molar-refractivity contribution in [2.24, 2.45) is 4.99 Å². The summed E-state index contributed by atoms with van der Waals surface area (Å²) in [6.45, 7) is 0. The Morgan fingerprint density at radius 1 is 1.78 bits per heavy atom. The summed E-state index contributed by atoms with van der Waals surface area (Å²) >= 11 is 4.70. The van der Waals surface area contributed by atoms with Gasteiger partial charge >= 0.3 is 0 Å². The van der Waals surface area contributed by atoms with Crippen LogP contribution in [0.2, 0.25) is 0 Å². The number of thiophene rings is 1. The fourth-order valence-corrected chi connectivity index (χ4v) is 1.51. The molecule has 0 spiro atoms. The Hall–Kier alpha value is -0.440. The number of hydrogen-bond acceptors (Lipinski definition) is 3. The summed E-state index contributed by atoms with van der Waals surface area (Å²) in [7, 11) is 0. The molecule has 0 aliphatic heterocycles. The monoisotopic (exact) mass is 203 g/mol. The summed E-state index contributed by atoms with van der Waals surface area (Å²) < 4.78 is 0.867. The third-order valence-corrected chi connectivity index (χ3v) is 2.42. The summed E-state index contributed by atoms with van der Waals surface area (Å²) in [6.07, 6.45) is 1.46. The van der Waals surface area contributed by atoms with Crippen LogP contribution >= 0.6 is 27.3 Å². The van der Waals surface area contributed by atoms with Crippen molar-refractivity contribution < 1.29 is 4.79 Å². The lowest BCUT2D eigenvalue weighted by molar-refractivity contribution is 0.565.